The molecule has 3 atom stereocenters. The van der Waals surface area contributed by atoms with Crippen molar-refractivity contribution >= 4 is 29.3 Å². The maximum atomic E-state index is 14.7. The van der Waals surface area contributed by atoms with Crippen LogP contribution in [-0.4, -0.2) is 28.5 Å². The first kappa shape index (κ1) is 19.4. The maximum Gasteiger partial charge on any atom is 0.258 e. The Labute approximate surface area is 171 Å². The normalized spacial score (nSPS) is 23.9. The molecule has 3 heterocycles. The van der Waals surface area contributed by atoms with Crippen LogP contribution in [0.3, 0.4) is 0 Å². The van der Waals surface area contributed by atoms with E-state index in [-0.39, 0.29) is 28.0 Å². The number of nitriles is 1. The van der Waals surface area contributed by atoms with Gasteiger partial charge in [-0.05, 0) is 38.3 Å². The van der Waals surface area contributed by atoms with Crippen molar-refractivity contribution in [2.24, 2.45) is 5.92 Å². The quantitative estimate of drug-likeness (QED) is 0.784. The van der Waals surface area contributed by atoms with Crippen LogP contribution in [0.15, 0.2) is 23.0 Å². The third-order valence-corrected chi connectivity index (χ3v) is 5.97. The first-order valence-corrected chi connectivity index (χ1v) is 9.85. The molecule has 0 spiro atoms. The van der Waals surface area contributed by atoms with E-state index in [9.17, 15) is 19.2 Å². The number of aromatic amines is 1. The summed E-state index contributed by atoms with van der Waals surface area (Å²) in [6.07, 6.45) is 3.04. The zero-order valence-corrected chi connectivity index (χ0v) is 16.5. The van der Waals surface area contributed by atoms with E-state index in [1.165, 1.54) is 18.2 Å². The Balaban J connectivity index is 1.90. The molecule has 150 valence electrons. The molecule has 9 heteroatoms. The van der Waals surface area contributed by atoms with Gasteiger partial charge in [-0.2, -0.15) is 10.2 Å². The minimum Gasteiger partial charge on any atom is -0.340 e. The third kappa shape index (κ3) is 3.25. The second kappa shape index (κ2) is 7.48. The lowest BCUT2D eigenvalue weighted by Crippen LogP contribution is -2.42. The highest BCUT2D eigenvalue weighted by molar-refractivity contribution is 6.31. The van der Waals surface area contributed by atoms with E-state index >= 15 is 0 Å². The number of aromatic nitrogens is 2. The fourth-order valence-electron chi connectivity index (χ4n) is 4.17. The third-order valence-electron chi connectivity index (χ3n) is 5.64. The number of benzene rings is 1. The zero-order chi connectivity index (χ0) is 20.7. The molecule has 4 rings (SSSR count). The van der Waals surface area contributed by atoms with Crippen LogP contribution in [0.2, 0.25) is 5.02 Å². The number of piperidine rings is 1. The van der Waals surface area contributed by atoms with Gasteiger partial charge >= 0.3 is 0 Å². The second-order valence-corrected chi connectivity index (χ2v) is 7.81. The lowest BCUT2D eigenvalue weighted by atomic mass is 9.79. The van der Waals surface area contributed by atoms with Crippen LogP contribution in [0.4, 0.5) is 16.2 Å². The van der Waals surface area contributed by atoms with Gasteiger partial charge in [-0.15, -0.1) is 0 Å². The number of nitrogens with zero attached hydrogens (tertiary/aromatic N) is 3. The maximum absolute atomic E-state index is 14.7. The highest BCUT2D eigenvalue weighted by atomic mass is 35.5. The number of nitrogens with one attached hydrogen (secondary N) is 2. The van der Waals surface area contributed by atoms with Gasteiger partial charge in [0.15, 0.2) is 0 Å². The van der Waals surface area contributed by atoms with Crippen LogP contribution < -0.4 is 15.8 Å². The summed E-state index contributed by atoms with van der Waals surface area (Å²) >= 11 is 6.20. The van der Waals surface area contributed by atoms with Gasteiger partial charge in [-0.3, -0.25) is 14.6 Å². The monoisotopic (exact) mass is 415 g/mol. The van der Waals surface area contributed by atoms with Crippen LogP contribution >= 0.6 is 11.6 Å². The minimum absolute atomic E-state index is 0.0385. The summed E-state index contributed by atoms with van der Waals surface area (Å²) in [7, 11) is 0. The molecule has 0 radical (unpaired) electrons. The smallest absolute Gasteiger partial charge is 0.258 e. The van der Waals surface area contributed by atoms with Crippen molar-refractivity contribution < 1.29 is 9.18 Å². The molecule has 3 unspecified atom stereocenters. The average Bonchev–Trinajstić information content (AvgIpc) is 2.67. The molecule has 29 heavy (non-hydrogen) atoms. The summed E-state index contributed by atoms with van der Waals surface area (Å²) in [4.78, 5) is 34.9. The molecular formula is C20H19ClFN5O2. The fraction of sp³-hybridized carbons (Fsp3) is 0.400. The fourth-order valence-corrected chi connectivity index (χ4v) is 4.45. The molecule has 2 aliphatic rings. The lowest BCUT2D eigenvalue weighted by Gasteiger charge is -2.35. The number of halogens is 2. The van der Waals surface area contributed by atoms with Crippen molar-refractivity contribution in [1.82, 2.24) is 9.97 Å². The van der Waals surface area contributed by atoms with Gasteiger partial charge in [-0.1, -0.05) is 17.7 Å². The highest BCUT2D eigenvalue weighted by Crippen LogP contribution is 2.42. The van der Waals surface area contributed by atoms with E-state index in [1.807, 2.05) is 17.9 Å². The van der Waals surface area contributed by atoms with E-state index in [2.05, 4.69) is 15.3 Å². The Kier molecular flexibility index (Phi) is 5.01. The van der Waals surface area contributed by atoms with Crippen molar-refractivity contribution in [3.8, 4) is 6.07 Å². The number of anilines is 2. The van der Waals surface area contributed by atoms with E-state index in [1.54, 1.807) is 0 Å². The Morgan fingerprint density at radius 3 is 2.79 bits per heavy atom. The molecule has 7 nitrogen and oxygen atoms in total. The Morgan fingerprint density at radius 2 is 2.10 bits per heavy atom. The summed E-state index contributed by atoms with van der Waals surface area (Å²) < 4.78 is 14.7. The van der Waals surface area contributed by atoms with E-state index in [0.717, 1.165) is 25.8 Å². The summed E-state index contributed by atoms with van der Waals surface area (Å²) in [5, 5.41) is 12.2. The summed E-state index contributed by atoms with van der Waals surface area (Å²) in [5.41, 5.74) is -0.535. The average molecular weight is 416 g/mol. The zero-order valence-electron chi connectivity index (χ0n) is 15.7. The van der Waals surface area contributed by atoms with Crippen LogP contribution in [-0.2, 0) is 4.79 Å². The van der Waals surface area contributed by atoms with Gasteiger partial charge in [0.05, 0.1) is 11.6 Å². The van der Waals surface area contributed by atoms with E-state index in [4.69, 9.17) is 11.6 Å². The number of rotatable bonds is 2. The SMILES string of the molecule is CC1CCCCN1c1nc2c(c(=O)[nH]1)C(c1c(F)cccc1Cl)C(C#N)C(=O)N2. The van der Waals surface area contributed by atoms with Crippen molar-refractivity contribution in [3.63, 3.8) is 0 Å². The summed E-state index contributed by atoms with van der Waals surface area (Å²) in [6, 6.07) is 6.15. The number of amides is 1. The molecule has 2 N–H and O–H groups in total. The highest BCUT2D eigenvalue weighted by Gasteiger charge is 2.42. The molecule has 2 aliphatic heterocycles. The van der Waals surface area contributed by atoms with Gasteiger partial charge < -0.3 is 10.2 Å². The van der Waals surface area contributed by atoms with E-state index in [0.29, 0.717) is 5.95 Å². The molecule has 0 saturated carbocycles. The Morgan fingerprint density at radius 1 is 1.31 bits per heavy atom. The first-order valence-electron chi connectivity index (χ1n) is 9.47. The summed E-state index contributed by atoms with van der Waals surface area (Å²) in [6.45, 7) is 2.78. The molecule has 0 bridgehead atoms. The van der Waals surface area contributed by atoms with Crippen LogP contribution in [0, 0.1) is 23.1 Å². The Hall–Kier alpha value is -2.92. The van der Waals surface area contributed by atoms with Crippen molar-refractivity contribution in [2.75, 3.05) is 16.8 Å². The molecule has 1 aromatic carbocycles. The topological polar surface area (TPSA) is 102 Å². The molecule has 1 fully saturated rings. The van der Waals surface area contributed by atoms with Gasteiger partial charge in [-0.25, -0.2) is 4.39 Å². The molecule has 2 aromatic rings. The van der Waals surface area contributed by atoms with Crippen molar-refractivity contribution in [1.29, 1.82) is 5.26 Å². The van der Waals surface area contributed by atoms with Crippen molar-refractivity contribution in [3.05, 3.63) is 50.5 Å². The second-order valence-electron chi connectivity index (χ2n) is 7.40. The molecule has 1 amide bonds. The summed E-state index contributed by atoms with van der Waals surface area (Å²) in [5.74, 6) is -3.38. The Bertz CT molecular complexity index is 1060. The standard InChI is InChI=1S/C20H19ClFN5O2/c1-10-5-2-3-8-27(10)20-25-17-16(19(29)26-20)14(11(9-23)18(28)24-17)15-12(21)6-4-7-13(15)22/h4,6-7,10-11,14H,2-3,5,8H2,1H3,(H2,24,25,26,28,29). The number of carbonyl (C=O) groups excluding carboxylic acids is 1. The predicted molar refractivity (Wildman–Crippen MR) is 107 cm³/mol. The molecule has 0 aliphatic carbocycles. The minimum atomic E-state index is -1.31. The van der Waals surface area contributed by atoms with Gasteiger partial charge in [0.2, 0.25) is 11.9 Å². The van der Waals surface area contributed by atoms with Crippen LogP contribution in [0.25, 0.3) is 0 Å². The number of fused-ring (bicyclic) bond motifs is 1. The lowest BCUT2D eigenvalue weighted by molar-refractivity contribution is -0.119. The first-order chi connectivity index (χ1) is 13.9. The van der Waals surface area contributed by atoms with Gasteiger partial charge in [0.25, 0.3) is 5.56 Å². The molecular weight excluding hydrogens is 397 g/mol. The van der Waals surface area contributed by atoms with Gasteiger partial charge in [0, 0.05) is 29.1 Å². The number of hydrogen-bond donors (Lipinski definition) is 2. The predicted octanol–water partition coefficient (Wildman–Crippen LogP) is 3.16. The number of H-pyrrole nitrogens is 1. The van der Waals surface area contributed by atoms with Crippen molar-refractivity contribution in [2.45, 2.75) is 38.1 Å². The molecule has 1 aromatic heterocycles. The number of hydrogen-bond acceptors (Lipinski definition) is 5. The van der Waals surface area contributed by atoms with E-state index < -0.39 is 29.1 Å². The largest absolute Gasteiger partial charge is 0.340 e. The van der Waals surface area contributed by atoms with Crippen LogP contribution in [0.1, 0.15) is 43.2 Å². The van der Waals surface area contributed by atoms with Crippen LogP contribution in [0.5, 0.6) is 0 Å². The molecule has 1 saturated heterocycles. The number of carbonyl (C=O) groups is 1. The van der Waals surface area contributed by atoms with Gasteiger partial charge in [0.1, 0.15) is 17.6 Å².